The number of amides is 3. The van der Waals surface area contributed by atoms with Gasteiger partial charge in [-0.2, -0.15) is 0 Å². The number of carbonyl (C=O) groups is 3. The maximum atomic E-state index is 13.0. The Morgan fingerprint density at radius 2 is 1.89 bits per heavy atom. The number of fused-ring (bicyclic) bond motifs is 4. The number of thiophene rings is 1. The molecule has 1 aromatic carbocycles. The van der Waals surface area contributed by atoms with Gasteiger partial charge in [0.1, 0.15) is 16.7 Å². The first-order valence-corrected chi connectivity index (χ1v) is 14.5. The van der Waals surface area contributed by atoms with Crippen LogP contribution in [-0.2, 0) is 35.5 Å². The van der Waals surface area contributed by atoms with Gasteiger partial charge in [0.2, 0.25) is 11.8 Å². The number of nitrogens with one attached hydrogen (secondary N) is 1. The van der Waals surface area contributed by atoms with Crippen LogP contribution in [0.1, 0.15) is 81.5 Å². The van der Waals surface area contributed by atoms with Gasteiger partial charge in [-0.25, -0.2) is 9.97 Å². The first-order chi connectivity index (χ1) is 18.4. The number of carbonyl (C=O) groups excluding carboxylic acids is 3. The molecule has 3 aliphatic heterocycles. The molecule has 8 nitrogen and oxygen atoms in total. The van der Waals surface area contributed by atoms with Crippen molar-refractivity contribution >= 4 is 39.3 Å². The molecule has 4 aliphatic rings. The van der Waals surface area contributed by atoms with Crippen molar-refractivity contribution in [2.24, 2.45) is 0 Å². The fourth-order valence-corrected chi connectivity index (χ4v) is 8.09. The van der Waals surface area contributed by atoms with Crippen molar-refractivity contribution in [2.75, 3.05) is 13.1 Å². The third-order valence-electron chi connectivity index (χ3n) is 8.67. The molecule has 38 heavy (non-hydrogen) atoms. The molecule has 2 fully saturated rings. The summed E-state index contributed by atoms with van der Waals surface area (Å²) in [7, 11) is 0. The monoisotopic (exact) mass is 529 g/mol. The van der Waals surface area contributed by atoms with Crippen LogP contribution in [0.4, 0.5) is 0 Å². The number of likely N-dealkylation sites (tertiary alicyclic amines) is 1. The largest absolute Gasteiger partial charge is 0.322 e. The molecule has 0 spiro atoms. The average molecular weight is 530 g/mol. The van der Waals surface area contributed by atoms with Crippen molar-refractivity contribution in [3.05, 3.63) is 56.8 Å². The van der Waals surface area contributed by atoms with Gasteiger partial charge in [-0.3, -0.25) is 24.6 Å². The first kappa shape index (κ1) is 23.9. The number of rotatable bonds is 4. The molecule has 7 rings (SSSR count). The molecular formula is C29H31N5O3S. The van der Waals surface area contributed by atoms with Crippen LogP contribution in [0.2, 0.25) is 0 Å². The Morgan fingerprint density at radius 3 is 2.71 bits per heavy atom. The van der Waals surface area contributed by atoms with Gasteiger partial charge >= 0.3 is 0 Å². The number of nitrogens with zero attached hydrogens (tertiary/aromatic N) is 4. The van der Waals surface area contributed by atoms with Crippen molar-refractivity contribution in [3.63, 3.8) is 0 Å². The molecule has 0 bridgehead atoms. The summed E-state index contributed by atoms with van der Waals surface area (Å²) >= 11 is 1.87. The third-order valence-corrected chi connectivity index (χ3v) is 9.86. The Kier molecular flexibility index (Phi) is 5.81. The van der Waals surface area contributed by atoms with Crippen LogP contribution < -0.4 is 5.32 Å². The molecule has 3 amide bonds. The van der Waals surface area contributed by atoms with Gasteiger partial charge in [0, 0.05) is 41.3 Å². The number of piperidine rings is 2. The summed E-state index contributed by atoms with van der Waals surface area (Å²) in [4.78, 5) is 53.4. The van der Waals surface area contributed by atoms with Gasteiger partial charge in [0.25, 0.3) is 5.91 Å². The van der Waals surface area contributed by atoms with Gasteiger partial charge < -0.3 is 4.90 Å². The molecule has 9 heteroatoms. The molecule has 1 N–H and O–H groups in total. The zero-order valence-corrected chi connectivity index (χ0v) is 22.4. The highest BCUT2D eigenvalue weighted by atomic mass is 32.1. The van der Waals surface area contributed by atoms with Crippen LogP contribution in [0.15, 0.2) is 18.2 Å². The van der Waals surface area contributed by atoms with Crippen molar-refractivity contribution in [3.8, 4) is 0 Å². The quantitative estimate of drug-likeness (QED) is 0.519. The van der Waals surface area contributed by atoms with Crippen LogP contribution >= 0.6 is 11.3 Å². The number of hydrogen-bond donors (Lipinski definition) is 1. The van der Waals surface area contributed by atoms with Crippen molar-refractivity contribution in [1.29, 1.82) is 0 Å². The SMILES string of the molecule is Cc1nc(C2CCN(Cc3ccc4c(c3)CN(C3CCC(=O)NC3=O)C4=O)CC2)c2c3c(sc2n1)CCC3. The van der Waals surface area contributed by atoms with E-state index in [0.29, 0.717) is 24.4 Å². The second-order valence-corrected chi connectivity index (χ2v) is 12.2. The van der Waals surface area contributed by atoms with Crippen LogP contribution in [0.25, 0.3) is 10.2 Å². The summed E-state index contributed by atoms with van der Waals surface area (Å²) in [6.07, 6.45) is 6.43. The van der Waals surface area contributed by atoms with Crippen molar-refractivity contribution in [2.45, 2.75) is 76.9 Å². The second kappa shape index (κ2) is 9.24. The smallest absolute Gasteiger partial charge is 0.255 e. The fraction of sp³-hybridized carbons (Fsp3) is 0.483. The molecule has 3 aromatic rings. The number of benzene rings is 1. The molecule has 0 radical (unpaired) electrons. The van der Waals surface area contributed by atoms with Crippen molar-refractivity contribution in [1.82, 2.24) is 25.1 Å². The minimum Gasteiger partial charge on any atom is -0.322 e. The fourth-order valence-electron chi connectivity index (χ4n) is 6.78. The Hall–Kier alpha value is -3.17. The lowest BCUT2D eigenvalue weighted by molar-refractivity contribution is -0.136. The Bertz CT molecular complexity index is 1490. The van der Waals surface area contributed by atoms with E-state index >= 15 is 0 Å². The molecule has 1 aliphatic carbocycles. The van der Waals surface area contributed by atoms with Crippen LogP contribution in [0.5, 0.6) is 0 Å². The van der Waals surface area contributed by atoms with Gasteiger partial charge in [-0.05, 0) is 81.3 Å². The highest BCUT2D eigenvalue weighted by Crippen LogP contribution is 2.41. The van der Waals surface area contributed by atoms with Crippen LogP contribution in [-0.4, -0.2) is 56.6 Å². The maximum absolute atomic E-state index is 13.0. The summed E-state index contributed by atoms with van der Waals surface area (Å²) in [5, 5.41) is 3.73. The number of aromatic nitrogens is 2. The third kappa shape index (κ3) is 4.03. The van der Waals surface area contributed by atoms with E-state index in [1.54, 1.807) is 4.90 Å². The lowest BCUT2D eigenvalue weighted by atomic mass is 9.90. The molecule has 1 unspecified atom stereocenters. The van der Waals surface area contributed by atoms with E-state index in [9.17, 15) is 14.4 Å². The minimum absolute atomic E-state index is 0.117. The Balaban J connectivity index is 1.03. The lowest BCUT2D eigenvalue weighted by Gasteiger charge is -2.32. The molecule has 0 saturated carbocycles. The zero-order chi connectivity index (χ0) is 26.0. The number of aryl methyl sites for hydroxylation is 3. The van der Waals surface area contributed by atoms with Gasteiger partial charge in [-0.15, -0.1) is 11.3 Å². The zero-order valence-electron chi connectivity index (χ0n) is 21.6. The number of imide groups is 1. The molecular weight excluding hydrogens is 498 g/mol. The summed E-state index contributed by atoms with van der Waals surface area (Å²) in [5.74, 6) is 0.602. The van der Waals surface area contributed by atoms with Gasteiger partial charge in [-0.1, -0.05) is 12.1 Å². The predicted molar refractivity (Wildman–Crippen MR) is 144 cm³/mol. The van der Waals surface area contributed by atoms with E-state index in [1.807, 2.05) is 30.4 Å². The van der Waals surface area contributed by atoms with E-state index < -0.39 is 6.04 Å². The summed E-state index contributed by atoms with van der Waals surface area (Å²) in [6.45, 7) is 5.31. The predicted octanol–water partition coefficient (Wildman–Crippen LogP) is 3.63. The highest BCUT2D eigenvalue weighted by molar-refractivity contribution is 7.18. The lowest BCUT2D eigenvalue weighted by Crippen LogP contribution is -2.52. The van der Waals surface area contributed by atoms with Crippen LogP contribution in [0.3, 0.4) is 0 Å². The topological polar surface area (TPSA) is 95.5 Å². The second-order valence-electron chi connectivity index (χ2n) is 11.1. The van der Waals surface area contributed by atoms with Crippen molar-refractivity contribution < 1.29 is 14.4 Å². The van der Waals surface area contributed by atoms with Gasteiger partial charge in [0.15, 0.2) is 0 Å². The first-order valence-electron chi connectivity index (χ1n) is 13.7. The molecule has 1 atom stereocenters. The Labute approximate surface area is 225 Å². The summed E-state index contributed by atoms with van der Waals surface area (Å²) in [6, 6.07) is 5.50. The van der Waals surface area contributed by atoms with E-state index in [4.69, 9.17) is 9.97 Å². The van der Waals surface area contributed by atoms with E-state index in [2.05, 4.69) is 16.3 Å². The summed E-state index contributed by atoms with van der Waals surface area (Å²) in [5.41, 5.74) is 5.62. The average Bonchev–Trinajstić information content (AvgIpc) is 3.57. The molecule has 196 valence electrons. The van der Waals surface area contributed by atoms with E-state index in [0.717, 1.165) is 50.3 Å². The van der Waals surface area contributed by atoms with Crippen LogP contribution in [0, 0.1) is 6.92 Å². The summed E-state index contributed by atoms with van der Waals surface area (Å²) < 4.78 is 0. The number of hydrogen-bond acceptors (Lipinski definition) is 7. The minimum atomic E-state index is -0.573. The highest BCUT2D eigenvalue weighted by Gasteiger charge is 2.39. The van der Waals surface area contributed by atoms with E-state index in [1.165, 1.54) is 44.8 Å². The maximum Gasteiger partial charge on any atom is 0.255 e. The molecule has 5 heterocycles. The molecule has 2 saturated heterocycles. The molecule has 2 aromatic heterocycles. The van der Waals surface area contributed by atoms with Gasteiger partial charge in [0.05, 0.1) is 5.69 Å². The van der Waals surface area contributed by atoms with E-state index in [-0.39, 0.29) is 24.1 Å². The standard InChI is InChI=1S/C29H31N5O3S/c1-16-30-26(25-21-3-2-4-23(21)38-28(25)31-16)18-9-11-33(12-10-18)14-17-5-6-20-19(13-17)15-34(29(20)37)22-7-8-24(35)32-27(22)36/h5-6,13,18,22H,2-4,7-12,14-15H2,1H3,(H,32,35,36). The normalized spacial score (nSPS) is 22.3. The Morgan fingerprint density at radius 1 is 1.05 bits per heavy atom.